The summed E-state index contributed by atoms with van der Waals surface area (Å²) in [6, 6.07) is 3.41. The van der Waals surface area contributed by atoms with E-state index in [2.05, 4.69) is 0 Å². The van der Waals surface area contributed by atoms with Crippen LogP contribution in [0.1, 0.15) is 30.4 Å². The van der Waals surface area contributed by atoms with Gasteiger partial charge in [-0.05, 0) is 50.3 Å². The third-order valence-corrected chi connectivity index (χ3v) is 4.66. The first-order valence-electron chi connectivity index (χ1n) is 6.68. The van der Waals surface area contributed by atoms with Crippen molar-refractivity contribution in [1.82, 2.24) is 0 Å². The smallest absolute Gasteiger partial charge is 0.265 e. The lowest BCUT2D eigenvalue weighted by molar-refractivity contribution is -0.0117. The monoisotopic (exact) mass is 318 g/mol. The molecule has 1 aromatic carbocycles. The molecular weight excluding hydrogens is 300 g/mol. The summed E-state index contributed by atoms with van der Waals surface area (Å²) in [7, 11) is 1.67. The zero-order valence-electron chi connectivity index (χ0n) is 11.7. The third kappa shape index (κ3) is 3.87. The Morgan fingerprint density at radius 3 is 2.70 bits per heavy atom. The molecule has 1 aliphatic heterocycles. The topological polar surface area (TPSA) is 52.6 Å². The van der Waals surface area contributed by atoms with Gasteiger partial charge in [-0.3, -0.25) is 0 Å². The van der Waals surface area contributed by atoms with E-state index < -0.39 is 9.05 Å². The van der Waals surface area contributed by atoms with E-state index >= 15 is 0 Å². The molecule has 1 heterocycles. The fourth-order valence-electron chi connectivity index (χ4n) is 2.40. The van der Waals surface area contributed by atoms with E-state index in [-0.39, 0.29) is 11.0 Å². The van der Waals surface area contributed by atoms with Crippen molar-refractivity contribution in [1.29, 1.82) is 0 Å². The number of halogens is 1. The van der Waals surface area contributed by atoms with Gasteiger partial charge in [0, 0.05) is 17.3 Å². The molecule has 1 aliphatic rings. The molecule has 1 aromatic rings. The Morgan fingerprint density at radius 1 is 1.35 bits per heavy atom. The van der Waals surface area contributed by atoms with Crippen LogP contribution < -0.4 is 4.74 Å². The van der Waals surface area contributed by atoms with Gasteiger partial charge in [0.2, 0.25) is 0 Å². The van der Waals surface area contributed by atoms with Gasteiger partial charge in [-0.1, -0.05) is 6.07 Å². The molecule has 0 aromatic heterocycles. The highest BCUT2D eigenvalue weighted by molar-refractivity contribution is 8.13. The van der Waals surface area contributed by atoms with Crippen molar-refractivity contribution in [2.24, 2.45) is 0 Å². The Morgan fingerprint density at radius 2 is 2.10 bits per heavy atom. The third-order valence-electron chi connectivity index (χ3n) is 3.34. The van der Waals surface area contributed by atoms with Crippen LogP contribution in [0.4, 0.5) is 0 Å². The van der Waals surface area contributed by atoms with Crippen LogP contribution in [-0.4, -0.2) is 27.7 Å². The lowest BCUT2D eigenvalue weighted by Crippen LogP contribution is -2.26. The maximum atomic E-state index is 11.7. The van der Waals surface area contributed by atoms with Crippen LogP contribution in [0.15, 0.2) is 17.0 Å². The highest BCUT2D eigenvalue weighted by atomic mass is 35.7. The van der Waals surface area contributed by atoms with Crippen molar-refractivity contribution in [3.63, 3.8) is 0 Å². The minimum absolute atomic E-state index is 0.0235. The van der Waals surface area contributed by atoms with Crippen molar-refractivity contribution >= 4 is 19.7 Å². The number of rotatable bonds is 4. The number of hydrogen-bond acceptors (Lipinski definition) is 4. The molecule has 0 saturated carbocycles. The van der Waals surface area contributed by atoms with Crippen LogP contribution in [0, 0.1) is 13.8 Å². The van der Waals surface area contributed by atoms with Gasteiger partial charge in [-0.15, -0.1) is 0 Å². The Kier molecular flexibility index (Phi) is 4.94. The van der Waals surface area contributed by atoms with Gasteiger partial charge in [-0.25, -0.2) is 8.42 Å². The lowest BCUT2D eigenvalue weighted by atomic mass is 10.1. The molecule has 0 N–H and O–H groups in total. The average Bonchev–Trinajstić information content (AvgIpc) is 2.37. The van der Waals surface area contributed by atoms with Gasteiger partial charge in [0.25, 0.3) is 9.05 Å². The van der Waals surface area contributed by atoms with Crippen LogP contribution in [0.3, 0.4) is 0 Å². The maximum absolute atomic E-state index is 11.7. The first-order chi connectivity index (χ1) is 9.38. The molecule has 20 heavy (non-hydrogen) atoms. The van der Waals surface area contributed by atoms with E-state index in [4.69, 9.17) is 20.2 Å². The van der Waals surface area contributed by atoms with Crippen LogP contribution in [0.2, 0.25) is 0 Å². The minimum atomic E-state index is -3.82. The summed E-state index contributed by atoms with van der Waals surface area (Å²) in [6.45, 7) is 4.73. The Balaban J connectivity index is 2.21. The highest BCUT2D eigenvalue weighted by Gasteiger charge is 2.21. The van der Waals surface area contributed by atoms with Gasteiger partial charge < -0.3 is 9.47 Å². The van der Waals surface area contributed by atoms with Crippen molar-refractivity contribution < 1.29 is 17.9 Å². The van der Waals surface area contributed by atoms with Crippen molar-refractivity contribution in [3.8, 4) is 5.75 Å². The summed E-state index contributed by atoms with van der Waals surface area (Å²) in [5.41, 5.74) is 1.60. The lowest BCUT2D eigenvalue weighted by Gasteiger charge is -2.23. The minimum Gasteiger partial charge on any atom is -0.489 e. The fourth-order valence-corrected chi connectivity index (χ4v) is 3.51. The van der Waals surface area contributed by atoms with Gasteiger partial charge in [0.05, 0.1) is 6.10 Å². The quantitative estimate of drug-likeness (QED) is 0.800. The normalized spacial score (nSPS) is 19.9. The highest BCUT2D eigenvalue weighted by Crippen LogP contribution is 2.32. The number of ether oxygens (including phenoxy) is 2. The second kappa shape index (κ2) is 6.33. The van der Waals surface area contributed by atoms with Crippen LogP contribution >= 0.6 is 10.7 Å². The van der Waals surface area contributed by atoms with Crippen molar-refractivity contribution in [3.05, 3.63) is 23.3 Å². The Labute approximate surface area is 124 Å². The number of benzene rings is 1. The molecule has 1 unspecified atom stereocenters. The van der Waals surface area contributed by atoms with E-state index in [9.17, 15) is 8.42 Å². The molecule has 0 bridgehead atoms. The maximum Gasteiger partial charge on any atom is 0.265 e. The molecule has 1 atom stereocenters. The standard InChI is InChI=1S/C14H19ClO4S/c1-10-7-11(2)14(13(8-10)20(15,16)17)19-9-12-5-3-4-6-18-12/h7-8,12H,3-6,9H2,1-2H3. The average molecular weight is 319 g/mol. The van der Waals surface area contributed by atoms with E-state index in [1.54, 1.807) is 0 Å². The predicted octanol–water partition coefficient (Wildman–Crippen LogP) is 3.18. The molecule has 0 amide bonds. The fraction of sp³-hybridized carbons (Fsp3) is 0.571. The summed E-state index contributed by atoms with van der Waals surface area (Å²) < 4.78 is 34.6. The SMILES string of the molecule is Cc1cc(C)c(OCC2CCCCO2)c(S(=O)(=O)Cl)c1. The van der Waals surface area contributed by atoms with Gasteiger partial charge >= 0.3 is 0 Å². The second-order valence-corrected chi connectivity index (χ2v) is 7.68. The molecule has 4 nitrogen and oxygen atoms in total. The Hall–Kier alpha value is -0.780. The van der Waals surface area contributed by atoms with Gasteiger partial charge in [-0.2, -0.15) is 0 Å². The molecule has 1 saturated heterocycles. The molecule has 0 aliphatic carbocycles. The van der Waals surface area contributed by atoms with Gasteiger partial charge in [0.15, 0.2) is 0 Å². The molecular formula is C14H19ClO4S. The molecule has 6 heteroatoms. The summed E-state index contributed by atoms with van der Waals surface area (Å²) in [5.74, 6) is 0.333. The van der Waals surface area contributed by atoms with Gasteiger partial charge in [0.1, 0.15) is 17.3 Å². The molecule has 112 valence electrons. The summed E-state index contributed by atoms with van der Waals surface area (Å²) in [6.07, 6.45) is 3.15. The zero-order chi connectivity index (χ0) is 14.8. The van der Waals surface area contributed by atoms with E-state index in [0.717, 1.165) is 37.0 Å². The Bertz CT molecular complexity index is 577. The van der Waals surface area contributed by atoms with Crippen LogP contribution in [0.25, 0.3) is 0 Å². The molecule has 1 fully saturated rings. The largest absolute Gasteiger partial charge is 0.489 e. The van der Waals surface area contributed by atoms with Crippen LogP contribution in [0.5, 0.6) is 5.75 Å². The van der Waals surface area contributed by atoms with Crippen molar-refractivity contribution in [2.45, 2.75) is 44.1 Å². The second-order valence-electron chi connectivity index (χ2n) is 5.15. The zero-order valence-corrected chi connectivity index (χ0v) is 13.3. The van der Waals surface area contributed by atoms with E-state index in [1.807, 2.05) is 19.9 Å². The number of hydrogen-bond donors (Lipinski definition) is 0. The summed E-state index contributed by atoms with van der Waals surface area (Å²) >= 11 is 0. The van der Waals surface area contributed by atoms with E-state index in [1.165, 1.54) is 6.07 Å². The molecule has 0 radical (unpaired) electrons. The summed E-state index contributed by atoms with van der Waals surface area (Å²) in [4.78, 5) is 0.0347. The van der Waals surface area contributed by atoms with Crippen molar-refractivity contribution in [2.75, 3.05) is 13.2 Å². The van der Waals surface area contributed by atoms with E-state index in [0.29, 0.717) is 12.4 Å². The predicted molar refractivity (Wildman–Crippen MR) is 78.0 cm³/mol. The summed E-state index contributed by atoms with van der Waals surface area (Å²) in [5, 5.41) is 0. The molecule has 0 spiro atoms. The number of aryl methyl sites for hydroxylation is 2. The molecule has 2 rings (SSSR count). The first kappa shape index (κ1) is 15.6. The first-order valence-corrected chi connectivity index (χ1v) is 8.99. The van der Waals surface area contributed by atoms with Crippen LogP contribution in [-0.2, 0) is 13.8 Å².